The number of anilines is 1. The van der Waals surface area contributed by atoms with Gasteiger partial charge >= 0.3 is 0 Å². The maximum absolute atomic E-state index is 14.0. The van der Waals surface area contributed by atoms with Gasteiger partial charge in [0.05, 0.1) is 11.9 Å². The molecule has 1 unspecified atom stereocenters. The van der Waals surface area contributed by atoms with Crippen LogP contribution in [0.1, 0.15) is 60.8 Å². The van der Waals surface area contributed by atoms with Gasteiger partial charge < -0.3 is 10.2 Å². The molecule has 1 saturated carbocycles. The fourth-order valence-corrected chi connectivity index (χ4v) is 6.95. The molecular weight excluding hydrogens is 582 g/mol. The van der Waals surface area contributed by atoms with E-state index in [2.05, 4.69) is 5.32 Å². The van der Waals surface area contributed by atoms with Gasteiger partial charge in [-0.05, 0) is 73.6 Å². The smallest absolute Gasteiger partial charge is 0.243 e. The molecule has 1 fully saturated rings. The lowest BCUT2D eigenvalue weighted by Gasteiger charge is -2.33. The van der Waals surface area contributed by atoms with E-state index in [1.54, 1.807) is 11.0 Å². The number of halogens is 1. The Morgan fingerprint density at radius 1 is 0.953 bits per heavy atom. The molecule has 0 bridgehead atoms. The molecule has 3 aromatic rings. The summed E-state index contributed by atoms with van der Waals surface area (Å²) >= 11 is 6.29. The summed E-state index contributed by atoms with van der Waals surface area (Å²) in [7, 11) is -3.58. The van der Waals surface area contributed by atoms with Crippen LogP contribution in [0.4, 0.5) is 5.69 Å². The monoisotopic (exact) mass is 623 g/mol. The molecule has 0 aromatic heterocycles. The number of carbonyl (C=O) groups excluding carboxylic acids is 2. The molecule has 0 radical (unpaired) electrons. The molecule has 0 heterocycles. The van der Waals surface area contributed by atoms with Crippen LogP contribution in [0.2, 0.25) is 5.02 Å². The summed E-state index contributed by atoms with van der Waals surface area (Å²) in [6.07, 6.45) is 5.97. The second-order valence-corrected chi connectivity index (χ2v) is 13.9. The summed E-state index contributed by atoms with van der Waals surface area (Å²) in [5.74, 6) is -0.379. The standard InChI is InChI=1S/C34H42ClN3O4S/c1-25-18-19-26(2)31(21-25)38(43(3,41)42)20-10-17-33(39)37(24-28-13-9-14-29(35)22-28)32(23-27-11-5-4-6-12-27)34(40)36-30-15-7-8-16-30/h4-6,9,11-14,18-19,21-22,30,32H,7-8,10,15-17,20,23-24H2,1-3H3,(H,36,40). The van der Waals surface area contributed by atoms with Crippen molar-refractivity contribution in [2.24, 2.45) is 0 Å². The highest BCUT2D eigenvalue weighted by Crippen LogP contribution is 2.25. The van der Waals surface area contributed by atoms with E-state index in [0.29, 0.717) is 23.6 Å². The lowest BCUT2D eigenvalue weighted by Crippen LogP contribution is -2.52. The predicted octanol–water partition coefficient (Wildman–Crippen LogP) is 6.20. The molecule has 0 spiro atoms. The maximum atomic E-state index is 14.0. The van der Waals surface area contributed by atoms with Gasteiger partial charge in [-0.2, -0.15) is 0 Å². The molecule has 43 heavy (non-hydrogen) atoms. The Morgan fingerprint density at radius 3 is 2.33 bits per heavy atom. The molecule has 2 amide bonds. The molecule has 0 aliphatic heterocycles. The molecule has 4 rings (SSSR count). The first-order valence-corrected chi connectivity index (χ1v) is 17.2. The molecule has 9 heteroatoms. The first-order valence-electron chi connectivity index (χ1n) is 14.9. The number of sulfonamides is 1. The van der Waals surface area contributed by atoms with E-state index in [0.717, 1.165) is 47.9 Å². The van der Waals surface area contributed by atoms with Crippen molar-refractivity contribution in [3.05, 3.63) is 100 Å². The van der Waals surface area contributed by atoms with E-state index in [9.17, 15) is 18.0 Å². The van der Waals surface area contributed by atoms with Gasteiger partial charge in [-0.15, -0.1) is 0 Å². The average molecular weight is 624 g/mol. The Kier molecular flexibility index (Phi) is 11.3. The fourth-order valence-electron chi connectivity index (χ4n) is 5.72. The minimum Gasteiger partial charge on any atom is -0.352 e. The van der Waals surface area contributed by atoms with Gasteiger partial charge in [0.2, 0.25) is 21.8 Å². The van der Waals surface area contributed by atoms with Crippen molar-refractivity contribution in [2.75, 3.05) is 17.1 Å². The lowest BCUT2D eigenvalue weighted by molar-refractivity contribution is -0.141. The number of hydrogen-bond donors (Lipinski definition) is 1. The highest BCUT2D eigenvalue weighted by atomic mass is 35.5. The van der Waals surface area contributed by atoms with Crippen molar-refractivity contribution < 1.29 is 18.0 Å². The lowest BCUT2D eigenvalue weighted by atomic mass is 10.0. The van der Waals surface area contributed by atoms with Crippen molar-refractivity contribution >= 4 is 39.1 Å². The predicted molar refractivity (Wildman–Crippen MR) is 174 cm³/mol. The minimum atomic E-state index is -3.58. The molecule has 0 saturated heterocycles. The van der Waals surface area contributed by atoms with Crippen LogP contribution in [0.15, 0.2) is 72.8 Å². The van der Waals surface area contributed by atoms with E-state index in [4.69, 9.17) is 11.6 Å². The van der Waals surface area contributed by atoms with Crippen LogP contribution >= 0.6 is 11.6 Å². The molecule has 3 aromatic carbocycles. The summed E-state index contributed by atoms with van der Waals surface area (Å²) in [6, 6.07) is 22.1. The number of hydrogen-bond acceptors (Lipinski definition) is 4. The zero-order valence-electron chi connectivity index (χ0n) is 25.3. The minimum absolute atomic E-state index is 0.0828. The Balaban J connectivity index is 1.60. The number of benzene rings is 3. The molecule has 1 aliphatic carbocycles. The normalized spacial score (nSPS) is 14.3. The van der Waals surface area contributed by atoms with Gasteiger partial charge in [0.1, 0.15) is 6.04 Å². The van der Waals surface area contributed by atoms with Crippen molar-refractivity contribution in [2.45, 2.75) is 77.4 Å². The molecule has 1 aliphatic rings. The topological polar surface area (TPSA) is 86.8 Å². The quantitative estimate of drug-likeness (QED) is 0.246. The summed E-state index contributed by atoms with van der Waals surface area (Å²) in [5.41, 5.74) is 4.19. The number of nitrogens with one attached hydrogen (secondary N) is 1. The largest absolute Gasteiger partial charge is 0.352 e. The van der Waals surface area contributed by atoms with Crippen LogP contribution in [0, 0.1) is 13.8 Å². The molecule has 7 nitrogen and oxygen atoms in total. The summed E-state index contributed by atoms with van der Waals surface area (Å²) < 4.78 is 27.0. The third kappa shape index (κ3) is 9.31. The summed E-state index contributed by atoms with van der Waals surface area (Å²) in [4.78, 5) is 29.5. The van der Waals surface area contributed by atoms with Crippen LogP contribution < -0.4 is 9.62 Å². The second-order valence-electron chi connectivity index (χ2n) is 11.6. The van der Waals surface area contributed by atoms with Crippen LogP contribution in [-0.4, -0.2) is 50.0 Å². The average Bonchev–Trinajstić information content (AvgIpc) is 3.47. The SMILES string of the molecule is Cc1ccc(C)c(N(CCCC(=O)N(Cc2cccc(Cl)c2)C(Cc2ccccc2)C(=O)NC2CCCC2)S(C)(=O)=O)c1. The van der Waals surface area contributed by atoms with Crippen molar-refractivity contribution in [1.29, 1.82) is 0 Å². The van der Waals surface area contributed by atoms with E-state index >= 15 is 0 Å². The summed E-state index contributed by atoms with van der Waals surface area (Å²) in [6.45, 7) is 4.16. The van der Waals surface area contributed by atoms with E-state index in [1.165, 1.54) is 10.6 Å². The number of amides is 2. The highest BCUT2D eigenvalue weighted by molar-refractivity contribution is 7.92. The van der Waals surface area contributed by atoms with Gasteiger partial charge in [0.25, 0.3) is 0 Å². The third-order valence-corrected chi connectivity index (χ3v) is 9.42. The van der Waals surface area contributed by atoms with E-state index < -0.39 is 16.1 Å². The molecular formula is C34H42ClN3O4S. The van der Waals surface area contributed by atoms with Crippen molar-refractivity contribution in [3.63, 3.8) is 0 Å². The number of aryl methyl sites for hydroxylation is 2. The number of rotatable bonds is 13. The molecule has 1 N–H and O–H groups in total. The first-order chi connectivity index (χ1) is 20.5. The zero-order valence-corrected chi connectivity index (χ0v) is 26.8. The van der Waals surface area contributed by atoms with Gasteiger partial charge in [-0.1, -0.05) is 79.0 Å². The van der Waals surface area contributed by atoms with Gasteiger partial charge in [0.15, 0.2) is 0 Å². The fraction of sp³-hybridized carbons (Fsp3) is 0.412. The Bertz CT molecular complexity index is 1510. The van der Waals surface area contributed by atoms with Crippen LogP contribution in [-0.2, 0) is 32.6 Å². The highest BCUT2D eigenvalue weighted by Gasteiger charge is 2.32. The number of carbonyl (C=O) groups is 2. The first kappa shape index (κ1) is 32.6. The van der Waals surface area contributed by atoms with Crippen LogP contribution in [0.3, 0.4) is 0 Å². The van der Waals surface area contributed by atoms with Gasteiger partial charge in [-0.25, -0.2) is 8.42 Å². The Morgan fingerprint density at radius 2 is 1.65 bits per heavy atom. The number of nitrogens with zero attached hydrogens (tertiary/aromatic N) is 2. The Labute approximate surface area is 261 Å². The second kappa shape index (κ2) is 14.9. The van der Waals surface area contributed by atoms with Crippen LogP contribution in [0.5, 0.6) is 0 Å². The van der Waals surface area contributed by atoms with Crippen molar-refractivity contribution in [1.82, 2.24) is 10.2 Å². The maximum Gasteiger partial charge on any atom is 0.243 e. The Hall–Kier alpha value is -3.36. The van der Waals surface area contributed by atoms with E-state index in [-0.39, 0.29) is 37.4 Å². The third-order valence-electron chi connectivity index (χ3n) is 8.00. The summed E-state index contributed by atoms with van der Waals surface area (Å²) in [5, 5.41) is 3.77. The van der Waals surface area contributed by atoms with E-state index in [1.807, 2.05) is 80.6 Å². The van der Waals surface area contributed by atoms with Crippen molar-refractivity contribution in [3.8, 4) is 0 Å². The van der Waals surface area contributed by atoms with Gasteiger partial charge in [0, 0.05) is 37.0 Å². The van der Waals surface area contributed by atoms with Gasteiger partial charge in [-0.3, -0.25) is 13.9 Å². The zero-order chi connectivity index (χ0) is 31.0. The molecule has 1 atom stereocenters. The molecule has 230 valence electrons. The van der Waals surface area contributed by atoms with Crippen LogP contribution in [0.25, 0.3) is 0 Å².